The molecule has 1 fully saturated rings. The third kappa shape index (κ3) is 4.26. The van der Waals surface area contributed by atoms with Crippen molar-refractivity contribution in [2.24, 2.45) is 5.92 Å². The Hall–Kier alpha value is -0.330. The van der Waals surface area contributed by atoms with Gasteiger partial charge in [0, 0.05) is 12.3 Å². The van der Waals surface area contributed by atoms with Crippen molar-refractivity contribution in [3.05, 3.63) is 0 Å². The Morgan fingerprint density at radius 1 is 0.929 bits per heavy atom. The minimum absolute atomic E-state index is 0.401. The summed E-state index contributed by atoms with van der Waals surface area (Å²) in [5.41, 5.74) is 0. The van der Waals surface area contributed by atoms with Gasteiger partial charge in [0.1, 0.15) is 5.78 Å². The lowest BCUT2D eigenvalue weighted by molar-refractivity contribution is -0.123. The summed E-state index contributed by atoms with van der Waals surface area (Å²) in [7, 11) is 0. The minimum atomic E-state index is 0.401. The van der Waals surface area contributed by atoms with E-state index in [0.29, 0.717) is 11.7 Å². The summed E-state index contributed by atoms with van der Waals surface area (Å²) in [6.07, 6.45) is 12.5. The van der Waals surface area contributed by atoms with Gasteiger partial charge in [0.25, 0.3) is 0 Å². The van der Waals surface area contributed by atoms with E-state index in [-0.39, 0.29) is 0 Å². The molecule has 0 saturated heterocycles. The van der Waals surface area contributed by atoms with E-state index < -0.39 is 0 Å². The zero-order valence-corrected chi connectivity index (χ0v) is 9.56. The van der Waals surface area contributed by atoms with E-state index in [1.165, 1.54) is 44.9 Å². The second kappa shape index (κ2) is 7.03. The molecule has 1 heteroatoms. The van der Waals surface area contributed by atoms with Crippen LogP contribution in [0.5, 0.6) is 0 Å². The largest absolute Gasteiger partial charge is 0.299 e. The molecule has 0 unspecified atom stereocenters. The third-order valence-electron chi connectivity index (χ3n) is 3.41. The maximum absolute atomic E-state index is 11.6. The van der Waals surface area contributed by atoms with Crippen LogP contribution in [-0.2, 0) is 4.79 Å². The summed E-state index contributed by atoms with van der Waals surface area (Å²) in [6.45, 7) is 2.00. The standard InChI is InChI=1S/C13H24O/c1-2-13(14)12-10-8-6-4-3-5-7-9-11-12/h12H,2-11H2,1H3. The monoisotopic (exact) mass is 196 g/mol. The number of ketones is 1. The molecule has 1 rings (SSSR count). The Kier molecular flexibility index (Phi) is 5.89. The van der Waals surface area contributed by atoms with Crippen molar-refractivity contribution in [1.29, 1.82) is 0 Å². The fourth-order valence-electron chi connectivity index (χ4n) is 2.42. The predicted molar refractivity (Wildman–Crippen MR) is 60.3 cm³/mol. The maximum atomic E-state index is 11.6. The second-order valence-electron chi connectivity index (χ2n) is 4.57. The molecule has 0 heterocycles. The summed E-state index contributed by atoms with van der Waals surface area (Å²) in [4.78, 5) is 11.6. The van der Waals surface area contributed by atoms with Crippen molar-refractivity contribution in [2.75, 3.05) is 0 Å². The first-order valence-corrected chi connectivity index (χ1v) is 6.37. The lowest BCUT2D eigenvalue weighted by Gasteiger charge is -2.16. The van der Waals surface area contributed by atoms with E-state index in [1.54, 1.807) is 0 Å². The lowest BCUT2D eigenvalue weighted by Crippen LogP contribution is -2.14. The summed E-state index contributed by atoms with van der Waals surface area (Å²) >= 11 is 0. The van der Waals surface area contributed by atoms with E-state index in [1.807, 2.05) is 6.92 Å². The fourth-order valence-corrected chi connectivity index (χ4v) is 2.42. The van der Waals surface area contributed by atoms with Gasteiger partial charge in [-0.3, -0.25) is 4.79 Å². The number of Topliss-reactive ketones (excluding diaryl/α,β-unsaturated/α-hetero) is 1. The molecule has 0 amide bonds. The van der Waals surface area contributed by atoms with Crippen LogP contribution in [0.15, 0.2) is 0 Å². The Labute approximate surface area is 88.3 Å². The van der Waals surface area contributed by atoms with Gasteiger partial charge in [-0.2, -0.15) is 0 Å². The number of rotatable bonds is 2. The minimum Gasteiger partial charge on any atom is -0.299 e. The van der Waals surface area contributed by atoms with Gasteiger partial charge in [-0.25, -0.2) is 0 Å². The van der Waals surface area contributed by atoms with Gasteiger partial charge < -0.3 is 0 Å². The summed E-state index contributed by atoms with van der Waals surface area (Å²) in [5.74, 6) is 0.906. The first-order valence-electron chi connectivity index (χ1n) is 6.37. The lowest BCUT2D eigenvalue weighted by atomic mass is 9.88. The Morgan fingerprint density at radius 3 is 1.79 bits per heavy atom. The molecule has 0 aromatic carbocycles. The van der Waals surface area contributed by atoms with E-state index in [2.05, 4.69) is 0 Å². The van der Waals surface area contributed by atoms with Crippen molar-refractivity contribution < 1.29 is 4.79 Å². The van der Waals surface area contributed by atoms with Crippen molar-refractivity contribution >= 4 is 5.78 Å². The highest BCUT2D eigenvalue weighted by atomic mass is 16.1. The molecular weight excluding hydrogens is 172 g/mol. The quantitative estimate of drug-likeness (QED) is 0.649. The number of carbonyl (C=O) groups is 1. The van der Waals surface area contributed by atoms with Gasteiger partial charge in [-0.05, 0) is 12.8 Å². The average molecular weight is 196 g/mol. The molecular formula is C13H24O. The molecule has 1 saturated carbocycles. The molecule has 14 heavy (non-hydrogen) atoms. The van der Waals surface area contributed by atoms with Gasteiger partial charge >= 0.3 is 0 Å². The van der Waals surface area contributed by atoms with Gasteiger partial charge in [-0.15, -0.1) is 0 Å². The SMILES string of the molecule is CCC(=O)C1CCCCCCCCC1. The first kappa shape index (κ1) is 11.7. The number of hydrogen-bond donors (Lipinski definition) is 0. The van der Waals surface area contributed by atoms with E-state index in [0.717, 1.165) is 19.3 Å². The predicted octanol–water partition coefficient (Wildman–Crippen LogP) is 4.11. The van der Waals surface area contributed by atoms with Gasteiger partial charge in [0.15, 0.2) is 0 Å². The van der Waals surface area contributed by atoms with Crippen LogP contribution in [0.3, 0.4) is 0 Å². The molecule has 0 N–H and O–H groups in total. The average Bonchev–Trinajstić information content (AvgIpc) is 2.24. The highest BCUT2D eigenvalue weighted by molar-refractivity contribution is 5.80. The zero-order valence-electron chi connectivity index (χ0n) is 9.56. The normalized spacial score (nSPS) is 21.8. The highest BCUT2D eigenvalue weighted by Crippen LogP contribution is 2.22. The molecule has 1 aliphatic rings. The maximum Gasteiger partial charge on any atom is 0.135 e. The van der Waals surface area contributed by atoms with Crippen LogP contribution in [-0.4, -0.2) is 5.78 Å². The van der Waals surface area contributed by atoms with Gasteiger partial charge in [0.05, 0.1) is 0 Å². The van der Waals surface area contributed by atoms with Gasteiger partial charge in [-0.1, -0.05) is 51.9 Å². The van der Waals surface area contributed by atoms with Crippen molar-refractivity contribution in [3.8, 4) is 0 Å². The molecule has 0 atom stereocenters. The van der Waals surface area contributed by atoms with Crippen molar-refractivity contribution in [1.82, 2.24) is 0 Å². The molecule has 1 aliphatic carbocycles. The van der Waals surface area contributed by atoms with Crippen molar-refractivity contribution in [3.63, 3.8) is 0 Å². The molecule has 1 nitrogen and oxygen atoms in total. The van der Waals surface area contributed by atoms with E-state index >= 15 is 0 Å². The van der Waals surface area contributed by atoms with Crippen LogP contribution in [0.1, 0.15) is 71.1 Å². The first-order chi connectivity index (χ1) is 6.84. The summed E-state index contributed by atoms with van der Waals surface area (Å²) < 4.78 is 0. The van der Waals surface area contributed by atoms with Crippen LogP contribution in [0.2, 0.25) is 0 Å². The van der Waals surface area contributed by atoms with Gasteiger partial charge in [0.2, 0.25) is 0 Å². The van der Waals surface area contributed by atoms with Crippen molar-refractivity contribution in [2.45, 2.75) is 71.1 Å². The molecule has 0 aromatic heterocycles. The van der Waals surface area contributed by atoms with Crippen LogP contribution in [0, 0.1) is 5.92 Å². The van der Waals surface area contributed by atoms with Crippen LogP contribution >= 0.6 is 0 Å². The molecule has 0 spiro atoms. The van der Waals surface area contributed by atoms with E-state index in [9.17, 15) is 4.79 Å². The molecule has 0 radical (unpaired) electrons. The van der Waals surface area contributed by atoms with Crippen LogP contribution in [0.4, 0.5) is 0 Å². The molecule has 0 bridgehead atoms. The Morgan fingerprint density at radius 2 is 1.36 bits per heavy atom. The zero-order chi connectivity index (χ0) is 10.2. The Balaban J connectivity index is 2.34. The van der Waals surface area contributed by atoms with Crippen LogP contribution < -0.4 is 0 Å². The molecule has 82 valence electrons. The highest BCUT2D eigenvalue weighted by Gasteiger charge is 2.16. The molecule has 0 aromatic rings. The smallest absolute Gasteiger partial charge is 0.135 e. The summed E-state index contributed by atoms with van der Waals surface area (Å²) in [5, 5.41) is 0. The number of carbonyl (C=O) groups excluding carboxylic acids is 1. The number of hydrogen-bond acceptors (Lipinski definition) is 1. The summed E-state index contributed by atoms with van der Waals surface area (Å²) in [6, 6.07) is 0. The fraction of sp³-hybridized carbons (Fsp3) is 0.923. The molecule has 0 aliphatic heterocycles. The van der Waals surface area contributed by atoms with Crippen LogP contribution in [0.25, 0.3) is 0 Å². The topological polar surface area (TPSA) is 17.1 Å². The van der Waals surface area contributed by atoms with E-state index in [4.69, 9.17) is 0 Å². The Bertz CT molecular complexity index is 153. The third-order valence-corrected chi connectivity index (χ3v) is 3.41. The second-order valence-corrected chi connectivity index (χ2v) is 4.57.